The molecular formula is C14H18N2O3. The first-order chi connectivity index (χ1) is 9.02. The van der Waals surface area contributed by atoms with Crippen molar-refractivity contribution in [1.82, 2.24) is 4.90 Å². The summed E-state index contributed by atoms with van der Waals surface area (Å²) in [5.41, 5.74) is 7.67. The topological polar surface area (TPSA) is 72.6 Å². The van der Waals surface area contributed by atoms with Gasteiger partial charge in [-0.15, -0.1) is 0 Å². The number of carbonyl (C=O) groups is 2. The number of rotatable bonds is 4. The molecule has 0 spiro atoms. The largest absolute Gasteiger partial charge is 0.496 e. The lowest BCUT2D eigenvalue weighted by Crippen LogP contribution is -2.36. The van der Waals surface area contributed by atoms with Gasteiger partial charge in [-0.05, 0) is 30.5 Å². The number of carbonyl (C=O) groups excluding carboxylic acids is 2. The van der Waals surface area contributed by atoms with Gasteiger partial charge in [0.15, 0.2) is 0 Å². The van der Waals surface area contributed by atoms with Gasteiger partial charge in [0.1, 0.15) is 5.75 Å². The van der Waals surface area contributed by atoms with E-state index in [0.717, 1.165) is 16.9 Å². The summed E-state index contributed by atoms with van der Waals surface area (Å²) in [6.07, 6.45) is 0.759. The van der Waals surface area contributed by atoms with E-state index < -0.39 is 6.04 Å². The molecule has 2 rings (SSSR count). The number of likely N-dealkylation sites (tertiary alicyclic amines) is 1. The summed E-state index contributed by atoms with van der Waals surface area (Å²) >= 11 is 0. The lowest BCUT2D eigenvalue weighted by molar-refractivity contribution is -0.138. The van der Waals surface area contributed by atoms with Crippen LogP contribution in [0.25, 0.3) is 0 Å². The molecule has 0 bridgehead atoms. The highest BCUT2D eigenvalue weighted by molar-refractivity contribution is 6.05. The number of ether oxygens (including phenoxy) is 1. The third-order valence-electron chi connectivity index (χ3n) is 3.36. The molecule has 5 heteroatoms. The lowest BCUT2D eigenvalue weighted by Gasteiger charge is -2.14. The number of nitrogens with zero attached hydrogens (tertiary/aromatic N) is 1. The fourth-order valence-electron chi connectivity index (χ4n) is 2.28. The van der Waals surface area contributed by atoms with Crippen molar-refractivity contribution in [3.8, 4) is 5.75 Å². The van der Waals surface area contributed by atoms with E-state index in [1.807, 2.05) is 25.1 Å². The molecule has 2 amide bonds. The average molecular weight is 262 g/mol. The van der Waals surface area contributed by atoms with E-state index in [9.17, 15) is 9.59 Å². The summed E-state index contributed by atoms with van der Waals surface area (Å²) in [6.45, 7) is 2.35. The molecule has 5 nitrogen and oxygen atoms in total. The zero-order valence-corrected chi connectivity index (χ0v) is 11.2. The maximum atomic E-state index is 11.7. The van der Waals surface area contributed by atoms with Gasteiger partial charge in [0.05, 0.1) is 19.6 Å². The summed E-state index contributed by atoms with van der Waals surface area (Å²) in [5.74, 6) is 0.386. The zero-order chi connectivity index (χ0) is 14.0. The molecule has 1 saturated heterocycles. The standard InChI is InChI=1S/C14H18N2O3/c1-9-7-10(3-4-12(9)19-2)5-6-16-13(17)8-11(15)14(16)18/h3-4,7,11H,5-6,8,15H2,1-2H3. The maximum absolute atomic E-state index is 11.7. The Morgan fingerprint density at radius 2 is 2.16 bits per heavy atom. The fraction of sp³-hybridized carbons (Fsp3) is 0.429. The van der Waals surface area contributed by atoms with Crippen molar-refractivity contribution in [1.29, 1.82) is 0 Å². The van der Waals surface area contributed by atoms with Gasteiger partial charge in [0.25, 0.3) is 0 Å². The molecule has 1 atom stereocenters. The fourth-order valence-corrected chi connectivity index (χ4v) is 2.28. The highest BCUT2D eigenvalue weighted by Gasteiger charge is 2.35. The Hall–Kier alpha value is -1.88. The molecule has 1 aromatic carbocycles. The molecule has 19 heavy (non-hydrogen) atoms. The van der Waals surface area contributed by atoms with Crippen LogP contribution < -0.4 is 10.5 Å². The number of benzene rings is 1. The molecule has 1 aliphatic heterocycles. The third-order valence-corrected chi connectivity index (χ3v) is 3.36. The van der Waals surface area contributed by atoms with Crippen LogP contribution in [0.2, 0.25) is 0 Å². The third kappa shape index (κ3) is 2.76. The van der Waals surface area contributed by atoms with Gasteiger partial charge in [0, 0.05) is 6.54 Å². The number of amides is 2. The Kier molecular flexibility index (Phi) is 3.85. The van der Waals surface area contributed by atoms with E-state index in [1.165, 1.54) is 4.90 Å². The average Bonchev–Trinajstić information content (AvgIpc) is 2.61. The van der Waals surface area contributed by atoms with E-state index in [1.54, 1.807) is 7.11 Å². The number of hydrogen-bond donors (Lipinski definition) is 1. The first kappa shape index (κ1) is 13.5. The van der Waals surface area contributed by atoms with Gasteiger partial charge in [-0.25, -0.2) is 0 Å². The molecule has 0 aromatic heterocycles. The maximum Gasteiger partial charge on any atom is 0.246 e. The molecule has 1 fully saturated rings. The highest BCUT2D eigenvalue weighted by atomic mass is 16.5. The van der Waals surface area contributed by atoms with Crippen molar-refractivity contribution in [2.45, 2.75) is 25.8 Å². The van der Waals surface area contributed by atoms with Crippen molar-refractivity contribution in [2.75, 3.05) is 13.7 Å². The summed E-state index contributed by atoms with van der Waals surface area (Å²) in [5, 5.41) is 0. The predicted molar refractivity (Wildman–Crippen MR) is 70.7 cm³/mol. The highest BCUT2D eigenvalue weighted by Crippen LogP contribution is 2.19. The van der Waals surface area contributed by atoms with Crippen LogP contribution in [0.4, 0.5) is 0 Å². The van der Waals surface area contributed by atoms with Crippen LogP contribution in [0.3, 0.4) is 0 Å². The van der Waals surface area contributed by atoms with Crippen LogP contribution in [-0.4, -0.2) is 36.4 Å². The van der Waals surface area contributed by atoms with Gasteiger partial charge in [-0.3, -0.25) is 14.5 Å². The summed E-state index contributed by atoms with van der Waals surface area (Å²) in [6, 6.07) is 5.18. The zero-order valence-electron chi connectivity index (χ0n) is 11.2. The molecule has 0 aliphatic carbocycles. The summed E-state index contributed by atoms with van der Waals surface area (Å²) < 4.78 is 5.19. The van der Waals surface area contributed by atoms with Crippen LogP contribution in [0.5, 0.6) is 5.75 Å². The Morgan fingerprint density at radius 1 is 1.42 bits per heavy atom. The second-order valence-corrected chi connectivity index (χ2v) is 4.75. The molecule has 0 saturated carbocycles. The number of nitrogens with two attached hydrogens (primary N) is 1. The van der Waals surface area contributed by atoms with Crippen molar-refractivity contribution in [3.05, 3.63) is 29.3 Å². The Balaban J connectivity index is 2.01. The van der Waals surface area contributed by atoms with E-state index in [-0.39, 0.29) is 18.2 Å². The molecule has 1 heterocycles. The number of imide groups is 1. The van der Waals surface area contributed by atoms with Crippen LogP contribution in [-0.2, 0) is 16.0 Å². The quantitative estimate of drug-likeness (QED) is 0.808. The molecule has 2 N–H and O–H groups in total. The van der Waals surface area contributed by atoms with Crippen molar-refractivity contribution in [2.24, 2.45) is 5.73 Å². The number of hydrogen-bond acceptors (Lipinski definition) is 4. The van der Waals surface area contributed by atoms with Gasteiger partial charge in [-0.1, -0.05) is 12.1 Å². The van der Waals surface area contributed by atoms with E-state index in [0.29, 0.717) is 13.0 Å². The van der Waals surface area contributed by atoms with Gasteiger partial charge in [0.2, 0.25) is 11.8 Å². The van der Waals surface area contributed by atoms with Crippen molar-refractivity contribution < 1.29 is 14.3 Å². The molecule has 1 aromatic rings. The lowest BCUT2D eigenvalue weighted by atomic mass is 10.1. The van der Waals surface area contributed by atoms with Crippen LogP contribution in [0, 0.1) is 6.92 Å². The van der Waals surface area contributed by atoms with E-state index >= 15 is 0 Å². The first-order valence-corrected chi connectivity index (χ1v) is 6.26. The van der Waals surface area contributed by atoms with Crippen LogP contribution in [0.1, 0.15) is 17.5 Å². The van der Waals surface area contributed by atoms with Crippen molar-refractivity contribution in [3.63, 3.8) is 0 Å². The number of methoxy groups -OCH3 is 1. The van der Waals surface area contributed by atoms with Gasteiger partial charge >= 0.3 is 0 Å². The first-order valence-electron chi connectivity index (χ1n) is 6.26. The molecular weight excluding hydrogens is 244 g/mol. The Bertz CT molecular complexity index is 513. The minimum absolute atomic E-state index is 0.125. The van der Waals surface area contributed by atoms with E-state index in [4.69, 9.17) is 10.5 Å². The van der Waals surface area contributed by atoms with E-state index in [2.05, 4.69) is 0 Å². The summed E-state index contributed by atoms with van der Waals surface area (Å²) in [4.78, 5) is 24.5. The molecule has 1 unspecified atom stereocenters. The van der Waals surface area contributed by atoms with Crippen LogP contribution >= 0.6 is 0 Å². The monoisotopic (exact) mass is 262 g/mol. The molecule has 1 aliphatic rings. The molecule has 102 valence electrons. The Morgan fingerprint density at radius 3 is 2.68 bits per heavy atom. The SMILES string of the molecule is COc1ccc(CCN2C(=O)CC(N)C2=O)cc1C. The minimum Gasteiger partial charge on any atom is -0.496 e. The van der Waals surface area contributed by atoms with Gasteiger partial charge in [-0.2, -0.15) is 0 Å². The second kappa shape index (κ2) is 5.40. The van der Waals surface area contributed by atoms with Crippen molar-refractivity contribution >= 4 is 11.8 Å². The van der Waals surface area contributed by atoms with Crippen LogP contribution in [0.15, 0.2) is 18.2 Å². The normalized spacial score (nSPS) is 19.1. The number of aryl methyl sites for hydroxylation is 1. The smallest absolute Gasteiger partial charge is 0.246 e. The molecule has 0 radical (unpaired) electrons. The minimum atomic E-state index is -0.662. The van der Waals surface area contributed by atoms with Gasteiger partial charge < -0.3 is 10.5 Å². The Labute approximate surface area is 112 Å². The second-order valence-electron chi connectivity index (χ2n) is 4.75. The summed E-state index contributed by atoms with van der Waals surface area (Å²) in [7, 11) is 1.63. The predicted octanol–water partition coefficient (Wildman–Crippen LogP) is 0.632.